The second-order valence-corrected chi connectivity index (χ2v) is 5.23. The molecule has 24 heavy (non-hydrogen) atoms. The van der Waals surface area contributed by atoms with Crippen molar-refractivity contribution in [1.82, 2.24) is 15.1 Å². The van der Waals surface area contributed by atoms with E-state index in [0.717, 1.165) is 16.3 Å². The molecule has 122 valence electrons. The van der Waals surface area contributed by atoms with Gasteiger partial charge >= 0.3 is 0 Å². The van der Waals surface area contributed by atoms with Gasteiger partial charge < -0.3 is 14.8 Å². The van der Waals surface area contributed by atoms with Crippen LogP contribution in [0.5, 0.6) is 5.75 Å². The standard InChI is InChI=1S/C17H15N3O4/c1-11-4-2-5-12(8-11)20-15(22)9-14(21)16(19-20)17(23)18-10-13-6-3-7-24-13/h2-9,21H,10H2,1H3,(H,18,23). The Morgan fingerprint density at radius 1 is 1.29 bits per heavy atom. The Labute approximate surface area is 137 Å². The minimum absolute atomic E-state index is 0.149. The van der Waals surface area contributed by atoms with Gasteiger partial charge in [0.05, 0.1) is 18.5 Å². The van der Waals surface area contributed by atoms with Crippen molar-refractivity contribution >= 4 is 5.91 Å². The van der Waals surface area contributed by atoms with E-state index in [-0.39, 0.29) is 12.2 Å². The average molecular weight is 325 g/mol. The van der Waals surface area contributed by atoms with E-state index in [1.54, 1.807) is 30.3 Å². The predicted octanol–water partition coefficient (Wildman–Crippen LogP) is 1.77. The molecule has 0 radical (unpaired) electrons. The van der Waals surface area contributed by atoms with Gasteiger partial charge in [-0.3, -0.25) is 9.59 Å². The van der Waals surface area contributed by atoms with Gasteiger partial charge in [0.1, 0.15) is 5.76 Å². The van der Waals surface area contributed by atoms with E-state index < -0.39 is 17.2 Å². The van der Waals surface area contributed by atoms with Crippen molar-refractivity contribution in [1.29, 1.82) is 0 Å². The van der Waals surface area contributed by atoms with E-state index in [1.165, 1.54) is 6.26 Å². The fourth-order valence-corrected chi connectivity index (χ4v) is 2.22. The number of carbonyl (C=O) groups excluding carboxylic acids is 1. The van der Waals surface area contributed by atoms with Crippen LogP contribution in [0.15, 0.2) is 57.9 Å². The molecule has 2 heterocycles. The number of nitrogens with one attached hydrogen (secondary N) is 1. The molecule has 2 aromatic heterocycles. The van der Waals surface area contributed by atoms with E-state index in [0.29, 0.717) is 11.4 Å². The van der Waals surface area contributed by atoms with Crippen molar-refractivity contribution in [3.8, 4) is 11.4 Å². The Morgan fingerprint density at radius 3 is 2.83 bits per heavy atom. The fraction of sp³-hybridized carbons (Fsp3) is 0.118. The summed E-state index contributed by atoms with van der Waals surface area (Å²) >= 11 is 0. The van der Waals surface area contributed by atoms with Crippen molar-refractivity contribution in [3.63, 3.8) is 0 Å². The maximum Gasteiger partial charge on any atom is 0.275 e. The average Bonchev–Trinajstić information content (AvgIpc) is 3.06. The lowest BCUT2D eigenvalue weighted by Crippen LogP contribution is -2.28. The maximum atomic E-state index is 12.2. The van der Waals surface area contributed by atoms with E-state index in [1.807, 2.05) is 13.0 Å². The number of benzene rings is 1. The van der Waals surface area contributed by atoms with Crippen LogP contribution in [0.3, 0.4) is 0 Å². The number of aryl methyl sites for hydroxylation is 1. The topological polar surface area (TPSA) is 97.4 Å². The molecule has 0 bridgehead atoms. The molecule has 1 amide bonds. The van der Waals surface area contributed by atoms with Crippen LogP contribution in [0, 0.1) is 6.92 Å². The van der Waals surface area contributed by atoms with Gasteiger partial charge in [-0.25, -0.2) is 0 Å². The van der Waals surface area contributed by atoms with Gasteiger partial charge in [0.25, 0.3) is 11.5 Å². The lowest BCUT2D eigenvalue weighted by Gasteiger charge is -2.09. The van der Waals surface area contributed by atoms with Crippen LogP contribution in [0.2, 0.25) is 0 Å². The first-order valence-corrected chi connectivity index (χ1v) is 7.25. The Bertz CT molecular complexity index is 929. The molecule has 0 saturated carbocycles. The first-order chi connectivity index (χ1) is 11.5. The summed E-state index contributed by atoms with van der Waals surface area (Å²) in [5, 5.41) is 16.5. The molecule has 3 rings (SSSR count). The Morgan fingerprint density at radius 2 is 2.12 bits per heavy atom. The van der Waals surface area contributed by atoms with Gasteiger partial charge in [0.15, 0.2) is 11.4 Å². The zero-order valence-electron chi connectivity index (χ0n) is 12.9. The highest BCUT2D eigenvalue weighted by molar-refractivity contribution is 5.94. The van der Waals surface area contributed by atoms with Crippen molar-refractivity contribution in [2.24, 2.45) is 0 Å². The van der Waals surface area contributed by atoms with Gasteiger partial charge in [0.2, 0.25) is 0 Å². The highest BCUT2D eigenvalue weighted by Gasteiger charge is 2.17. The molecule has 0 saturated heterocycles. The molecule has 7 nitrogen and oxygen atoms in total. The molecular formula is C17H15N3O4. The first-order valence-electron chi connectivity index (χ1n) is 7.25. The molecule has 0 spiro atoms. The summed E-state index contributed by atoms with van der Waals surface area (Å²) in [4.78, 5) is 24.3. The zero-order chi connectivity index (χ0) is 17.1. The highest BCUT2D eigenvalue weighted by Crippen LogP contribution is 2.13. The molecule has 7 heteroatoms. The largest absolute Gasteiger partial charge is 0.505 e. The number of hydrogen-bond acceptors (Lipinski definition) is 5. The SMILES string of the molecule is Cc1cccc(-n2nc(C(=O)NCc3ccco3)c(O)cc2=O)c1. The van der Waals surface area contributed by atoms with Crippen molar-refractivity contribution in [3.05, 3.63) is 76.1 Å². The third-order valence-corrected chi connectivity index (χ3v) is 3.38. The summed E-state index contributed by atoms with van der Waals surface area (Å²) in [6.07, 6.45) is 1.50. The van der Waals surface area contributed by atoms with Gasteiger partial charge in [-0.15, -0.1) is 0 Å². The minimum atomic E-state index is -0.606. The van der Waals surface area contributed by atoms with Crippen LogP contribution in [0.25, 0.3) is 5.69 Å². The number of carbonyl (C=O) groups is 1. The molecule has 0 fully saturated rings. The molecule has 2 N–H and O–H groups in total. The number of rotatable bonds is 4. The van der Waals surface area contributed by atoms with Crippen molar-refractivity contribution in [2.75, 3.05) is 0 Å². The number of amides is 1. The Balaban J connectivity index is 1.92. The third kappa shape index (κ3) is 3.19. The molecule has 1 aromatic carbocycles. The second kappa shape index (κ2) is 6.41. The fourth-order valence-electron chi connectivity index (χ4n) is 2.22. The Hall–Kier alpha value is -3.35. The minimum Gasteiger partial charge on any atom is -0.505 e. The lowest BCUT2D eigenvalue weighted by molar-refractivity contribution is 0.0938. The number of furan rings is 1. The molecule has 0 aliphatic carbocycles. The molecule has 0 atom stereocenters. The van der Waals surface area contributed by atoms with E-state index in [9.17, 15) is 14.7 Å². The summed E-state index contributed by atoms with van der Waals surface area (Å²) in [5.74, 6) is -0.513. The zero-order valence-corrected chi connectivity index (χ0v) is 12.9. The van der Waals surface area contributed by atoms with E-state index in [2.05, 4.69) is 10.4 Å². The molecular weight excluding hydrogens is 310 g/mol. The summed E-state index contributed by atoms with van der Waals surface area (Å²) in [7, 11) is 0. The van der Waals surface area contributed by atoms with Crippen LogP contribution in [-0.2, 0) is 6.54 Å². The molecule has 3 aromatic rings. The van der Waals surface area contributed by atoms with Gasteiger partial charge in [-0.1, -0.05) is 12.1 Å². The van der Waals surface area contributed by atoms with Gasteiger partial charge in [-0.05, 0) is 36.8 Å². The summed E-state index contributed by atoms with van der Waals surface area (Å²) in [5.41, 5.74) is 0.696. The number of aromatic hydroxyl groups is 1. The van der Waals surface area contributed by atoms with Gasteiger partial charge in [-0.2, -0.15) is 9.78 Å². The van der Waals surface area contributed by atoms with Crippen LogP contribution >= 0.6 is 0 Å². The molecule has 0 aliphatic heterocycles. The smallest absolute Gasteiger partial charge is 0.275 e. The van der Waals surface area contributed by atoms with Crippen LogP contribution < -0.4 is 10.9 Å². The second-order valence-electron chi connectivity index (χ2n) is 5.23. The monoisotopic (exact) mass is 325 g/mol. The van der Waals surface area contributed by atoms with Crippen LogP contribution in [0.4, 0.5) is 0 Å². The first kappa shape index (κ1) is 15.5. The predicted molar refractivity (Wildman–Crippen MR) is 86.1 cm³/mol. The normalized spacial score (nSPS) is 10.5. The molecule has 0 aliphatic rings. The van der Waals surface area contributed by atoms with Crippen molar-refractivity contribution in [2.45, 2.75) is 13.5 Å². The highest BCUT2D eigenvalue weighted by atomic mass is 16.3. The van der Waals surface area contributed by atoms with Crippen LogP contribution in [0.1, 0.15) is 21.8 Å². The van der Waals surface area contributed by atoms with E-state index in [4.69, 9.17) is 4.42 Å². The summed E-state index contributed by atoms with van der Waals surface area (Å²) < 4.78 is 6.20. The number of nitrogens with zero attached hydrogens (tertiary/aromatic N) is 2. The lowest BCUT2D eigenvalue weighted by atomic mass is 10.2. The maximum absolute atomic E-state index is 12.2. The van der Waals surface area contributed by atoms with Crippen molar-refractivity contribution < 1.29 is 14.3 Å². The number of aromatic nitrogens is 2. The molecule has 0 unspecified atom stereocenters. The quantitative estimate of drug-likeness (QED) is 0.762. The van der Waals surface area contributed by atoms with Crippen LogP contribution in [-0.4, -0.2) is 20.8 Å². The summed E-state index contributed by atoms with van der Waals surface area (Å²) in [6.45, 7) is 2.03. The summed E-state index contributed by atoms with van der Waals surface area (Å²) in [6, 6.07) is 11.5. The number of hydrogen-bond donors (Lipinski definition) is 2. The Kier molecular flexibility index (Phi) is 4.15. The van der Waals surface area contributed by atoms with E-state index >= 15 is 0 Å². The third-order valence-electron chi connectivity index (χ3n) is 3.38. The van der Waals surface area contributed by atoms with Gasteiger partial charge in [0, 0.05) is 6.07 Å².